The highest BCUT2D eigenvalue weighted by Crippen LogP contribution is 2.24. The van der Waals surface area contributed by atoms with Crippen molar-refractivity contribution in [3.05, 3.63) is 48.3 Å². The number of aliphatic hydroxyl groups excluding tert-OH is 1. The molecule has 0 radical (unpaired) electrons. The average Bonchev–Trinajstić information content (AvgIpc) is 2.82. The molecule has 1 aromatic carbocycles. The number of hydrogen-bond acceptors (Lipinski definition) is 4. The van der Waals surface area contributed by atoms with Crippen molar-refractivity contribution in [2.45, 2.75) is 6.61 Å². The lowest BCUT2D eigenvalue weighted by molar-refractivity contribution is 0.282. The van der Waals surface area contributed by atoms with Gasteiger partial charge < -0.3 is 9.52 Å². The van der Waals surface area contributed by atoms with E-state index in [2.05, 4.69) is 9.97 Å². The smallest absolute Gasteiger partial charge is 0.227 e. The first-order valence-corrected chi connectivity index (χ1v) is 5.27. The van der Waals surface area contributed by atoms with Crippen LogP contribution in [0.2, 0.25) is 0 Å². The Balaban J connectivity index is 2.14. The SMILES string of the molecule is OCc1ccc2oc(-c3ccncc3)nc2c1. The van der Waals surface area contributed by atoms with E-state index in [1.54, 1.807) is 12.4 Å². The van der Waals surface area contributed by atoms with Crippen LogP contribution < -0.4 is 0 Å². The first-order valence-electron chi connectivity index (χ1n) is 5.27. The van der Waals surface area contributed by atoms with Crippen molar-refractivity contribution in [2.75, 3.05) is 0 Å². The Morgan fingerprint density at radius 3 is 2.71 bits per heavy atom. The Morgan fingerprint density at radius 1 is 1.12 bits per heavy atom. The van der Waals surface area contributed by atoms with Gasteiger partial charge in [-0.3, -0.25) is 4.98 Å². The van der Waals surface area contributed by atoms with Gasteiger partial charge in [-0.25, -0.2) is 4.98 Å². The van der Waals surface area contributed by atoms with Crippen LogP contribution >= 0.6 is 0 Å². The number of hydrogen-bond donors (Lipinski definition) is 1. The second-order valence-electron chi connectivity index (χ2n) is 3.72. The van der Waals surface area contributed by atoms with Gasteiger partial charge in [-0.15, -0.1) is 0 Å². The minimum absolute atomic E-state index is 0.00733. The molecule has 0 atom stereocenters. The van der Waals surface area contributed by atoms with Crippen molar-refractivity contribution >= 4 is 11.1 Å². The lowest BCUT2D eigenvalue weighted by Gasteiger charge is -1.92. The second kappa shape index (κ2) is 3.99. The van der Waals surface area contributed by atoms with Gasteiger partial charge in [0.15, 0.2) is 5.58 Å². The Morgan fingerprint density at radius 2 is 1.94 bits per heavy atom. The molecule has 0 unspecified atom stereocenters. The maximum Gasteiger partial charge on any atom is 0.227 e. The van der Waals surface area contributed by atoms with E-state index in [0.29, 0.717) is 11.5 Å². The fourth-order valence-corrected chi connectivity index (χ4v) is 1.69. The number of oxazole rings is 1. The molecule has 0 saturated heterocycles. The lowest BCUT2D eigenvalue weighted by atomic mass is 10.2. The van der Waals surface area contributed by atoms with Crippen molar-refractivity contribution in [1.29, 1.82) is 0 Å². The van der Waals surface area contributed by atoms with Crippen LogP contribution in [0.5, 0.6) is 0 Å². The van der Waals surface area contributed by atoms with Gasteiger partial charge in [0.05, 0.1) is 6.61 Å². The second-order valence-corrected chi connectivity index (χ2v) is 3.72. The van der Waals surface area contributed by atoms with Gasteiger partial charge in [-0.05, 0) is 29.8 Å². The van der Waals surface area contributed by atoms with Crippen molar-refractivity contribution in [3.63, 3.8) is 0 Å². The predicted molar refractivity (Wildman–Crippen MR) is 63.2 cm³/mol. The molecule has 3 rings (SSSR count). The van der Waals surface area contributed by atoms with Gasteiger partial charge in [0.1, 0.15) is 5.52 Å². The molecule has 0 fully saturated rings. The molecule has 4 nitrogen and oxygen atoms in total. The van der Waals surface area contributed by atoms with E-state index in [0.717, 1.165) is 16.6 Å². The lowest BCUT2D eigenvalue weighted by Crippen LogP contribution is -1.81. The number of aliphatic hydroxyl groups is 1. The van der Waals surface area contributed by atoms with Crippen molar-refractivity contribution in [1.82, 2.24) is 9.97 Å². The van der Waals surface area contributed by atoms with Gasteiger partial charge in [-0.1, -0.05) is 6.07 Å². The number of nitrogens with zero attached hydrogens (tertiary/aromatic N) is 2. The van der Waals surface area contributed by atoms with Crippen LogP contribution in [0.25, 0.3) is 22.6 Å². The first-order chi connectivity index (χ1) is 8.36. The Bertz CT molecular complexity index is 647. The summed E-state index contributed by atoms with van der Waals surface area (Å²) in [6.45, 7) is 0.00733. The normalized spacial score (nSPS) is 10.9. The van der Waals surface area contributed by atoms with Gasteiger partial charge in [-0.2, -0.15) is 0 Å². The minimum Gasteiger partial charge on any atom is -0.436 e. The molecule has 0 aliphatic heterocycles. The van der Waals surface area contributed by atoms with Crippen LogP contribution in [-0.2, 0) is 6.61 Å². The number of pyridine rings is 1. The van der Waals surface area contributed by atoms with Gasteiger partial charge in [0, 0.05) is 18.0 Å². The highest BCUT2D eigenvalue weighted by Gasteiger charge is 2.07. The molecule has 3 aromatic rings. The van der Waals surface area contributed by atoms with Crippen molar-refractivity contribution < 1.29 is 9.52 Å². The van der Waals surface area contributed by atoms with E-state index < -0.39 is 0 Å². The summed E-state index contributed by atoms with van der Waals surface area (Å²) in [6.07, 6.45) is 3.40. The minimum atomic E-state index is 0.00733. The molecule has 1 N–H and O–H groups in total. The quantitative estimate of drug-likeness (QED) is 0.728. The summed E-state index contributed by atoms with van der Waals surface area (Å²) < 4.78 is 5.63. The largest absolute Gasteiger partial charge is 0.436 e. The fourth-order valence-electron chi connectivity index (χ4n) is 1.69. The molecule has 0 aliphatic carbocycles. The average molecular weight is 226 g/mol. The van der Waals surface area contributed by atoms with E-state index in [1.807, 2.05) is 30.3 Å². The number of rotatable bonds is 2. The number of fused-ring (bicyclic) bond motifs is 1. The molecule has 2 heterocycles. The number of benzene rings is 1. The fraction of sp³-hybridized carbons (Fsp3) is 0.0769. The molecule has 0 amide bonds. The monoisotopic (exact) mass is 226 g/mol. The molecule has 17 heavy (non-hydrogen) atoms. The maximum atomic E-state index is 9.05. The Hall–Kier alpha value is -2.20. The van der Waals surface area contributed by atoms with E-state index >= 15 is 0 Å². The third-order valence-electron chi connectivity index (χ3n) is 2.56. The van der Waals surface area contributed by atoms with Gasteiger partial charge in [0.25, 0.3) is 0 Å². The molecule has 84 valence electrons. The van der Waals surface area contributed by atoms with Gasteiger partial charge >= 0.3 is 0 Å². The van der Waals surface area contributed by atoms with Crippen molar-refractivity contribution in [3.8, 4) is 11.5 Å². The maximum absolute atomic E-state index is 9.05. The highest BCUT2D eigenvalue weighted by molar-refractivity contribution is 5.76. The van der Waals surface area contributed by atoms with E-state index in [9.17, 15) is 0 Å². The molecule has 0 aliphatic rings. The molecular formula is C13H10N2O2. The van der Waals surface area contributed by atoms with Gasteiger partial charge in [0.2, 0.25) is 5.89 Å². The Kier molecular flexibility index (Phi) is 2.34. The highest BCUT2D eigenvalue weighted by atomic mass is 16.3. The molecule has 2 aromatic heterocycles. The molecular weight excluding hydrogens is 216 g/mol. The molecule has 4 heteroatoms. The van der Waals surface area contributed by atoms with E-state index in [1.165, 1.54) is 0 Å². The topological polar surface area (TPSA) is 59.2 Å². The predicted octanol–water partition coefficient (Wildman–Crippen LogP) is 2.38. The standard InChI is InChI=1S/C13H10N2O2/c16-8-9-1-2-12-11(7-9)15-13(17-12)10-3-5-14-6-4-10/h1-7,16H,8H2. The Labute approximate surface area is 97.6 Å². The summed E-state index contributed by atoms with van der Waals surface area (Å²) in [4.78, 5) is 8.34. The molecule has 0 saturated carbocycles. The van der Waals surface area contributed by atoms with Crippen LogP contribution in [0.15, 0.2) is 47.1 Å². The molecule has 0 spiro atoms. The first kappa shape index (κ1) is 9.99. The summed E-state index contributed by atoms with van der Waals surface area (Å²) in [5.41, 5.74) is 3.19. The van der Waals surface area contributed by atoms with E-state index in [-0.39, 0.29) is 6.61 Å². The van der Waals surface area contributed by atoms with Crippen LogP contribution in [0, 0.1) is 0 Å². The number of aromatic nitrogens is 2. The van der Waals surface area contributed by atoms with Crippen molar-refractivity contribution in [2.24, 2.45) is 0 Å². The third kappa shape index (κ3) is 1.79. The van der Waals surface area contributed by atoms with Crippen LogP contribution in [-0.4, -0.2) is 15.1 Å². The summed E-state index contributed by atoms with van der Waals surface area (Å²) in [5, 5.41) is 9.05. The summed E-state index contributed by atoms with van der Waals surface area (Å²) in [5.74, 6) is 0.567. The van der Waals surface area contributed by atoms with E-state index in [4.69, 9.17) is 9.52 Å². The molecule has 0 bridgehead atoms. The third-order valence-corrected chi connectivity index (χ3v) is 2.56. The zero-order valence-electron chi connectivity index (χ0n) is 9.00. The summed E-state index contributed by atoms with van der Waals surface area (Å²) in [6, 6.07) is 9.15. The zero-order valence-corrected chi connectivity index (χ0v) is 9.00. The van der Waals surface area contributed by atoms with Crippen LogP contribution in [0.4, 0.5) is 0 Å². The summed E-state index contributed by atoms with van der Waals surface area (Å²) in [7, 11) is 0. The van der Waals surface area contributed by atoms with Crippen LogP contribution in [0.1, 0.15) is 5.56 Å². The van der Waals surface area contributed by atoms with Crippen LogP contribution in [0.3, 0.4) is 0 Å². The summed E-state index contributed by atoms with van der Waals surface area (Å²) >= 11 is 0. The zero-order chi connectivity index (χ0) is 11.7.